The van der Waals surface area contributed by atoms with Crippen LogP contribution in [0.5, 0.6) is 6.01 Å². The van der Waals surface area contributed by atoms with E-state index in [9.17, 15) is 0 Å². The van der Waals surface area contributed by atoms with Crippen molar-refractivity contribution in [3.05, 3.63) is 28.2 Å². The zero-order chi connectivity index (χ0) is 14.5. The van der Waals surface area contributed by atoms with Gasteiger partial charge in [0.1, 0.15) is 0 Å². The fourth-order valence-corrected chi connectivity index (χ4v) is 1.84. The topological polar surface area (TPSA) is 98.0 Å². The predicted octanol–water partition coefficient (Wildman–Crippen LogP) is 2.61. The number of nitrogens with two attached hydrogens (primary N) is 1. The van der Waals surface area contributed by atoms with Crippen LogP contribution in [-0.2, 0) is 0 Å². The zero-order valence-electron chi connectivity index (χ0n) is 10.5. The second-order valence-electron chi connectivity index (χ2n) is 3.59. The molecule has 0 unspecified atom stereocenters. The van der Waals surface area contributed by atoms with Gasteiger partial charge in [0.15, 0.2) is 0 Å². The predicted molar refractivity (Wildman–Crippen MR) is 78.6 cm³/mol. The van der Waals surface area contributed by atoms with Gasteiger partial charge in [-0.05, 0) is 25.1 Å². The highest BCUT2D eigenvalue weighted by molar-refractivity contribution is 6.36. The van der Waals surface area contributed by atoms with Crippen LogP contribution in [0.4, 0.5) is 17.6 Å². The Hall–Kier alpha value is -1.83. The Morgan fingerprint density at radius 2 is 1.95 bits per heavy atom. The Morgan fingerprint density at radius 1 is 1.20 bits per heavy atom. The summed E-state index contributed by atoms with van der Waals surface area (Å²) in [5.74, 6) is 5.72. The Morgan fingerprint density at radius 3 is 2.60 bits per heavy atom. The van der Waals surface area contributed by atoms with Crippen molar-refractivity contribution in [2.24, 2.45) is 5.84 Å². The maximum atomic E-state index is 6.06. The first kappa shape index (κ1) is 14.6. The molecule has 9 heteroatoms. The lowest BCUT2D eigenvalue weighted by Crippen LogP contribution is -2.13. The Kier molecular flexibility index (Phi) is 4.78. The molecule has 0 amide bonds. The Labute approximate surface area is 125 Å². The molecule has 4 N–H and O–H groups in total. The van der Waals surface area contributed by atoms with Gasteiger partial charge >= 0.3 is 6.01 Å². The molecule has 0 radical (unpaired) electrons. The molecule has 0 aliphatic heterocycles. The average molecular weight is 315 g/mol. The summed E-state index contributed by atoms with van der Waals surface area (Å²) in [5, 5.41) is 3.92. The van der Waals surface area contributed by atoms with Gasteiger partial charge in [-0.2, -0.15) is 15.0 Å². The third-order valence-corrected chi connectivity index (χ3v) is 2.74. The largest absolute Gasteiger partial charge is 0.464 e. The van der Waals surface area contributed by atoms with Crippen molar-refractivity contribution in [1.82, 2.24) is 15.0 Å². The van der Waals surface area contributed by atoms with E-state index in [1.54, 1.807) is 18.2 Å². The first-order valence-corrected chi connectivity index (χ1v) is 6.45. The van der Waals surface area contributed by atoms with Crippen molar-refractivity contribution >= 4 is 40.8 Å². The number of hydrogen-bond acceptors (Lipinski definition) is 7. The summed E-state index contributed by atoms with van der Waals surface area (Å²) >= 11 is 11.9. The number of benzene rings is 1. The van der Waals surface area contributed by atoms with Gasteiger partial charge in [0, 0.05) is 5.02 Å². The minimum Gasteiger partial charge on any atom is -0.464 e. The van der Waals surface area contributed by atoms with E-state index in [1.807, 2.05) is 6.92 Å². The van der Waals surface area contributed by atoms with E-state index in [-0.39, 0.29) is 17.9 Å². The molecule has 0 aliphatic rings. The molecular formula is C11H12Cl2N6O. The molecule has 0 fully saturated rings. The molecule has 0 spiro atoms. The third kappa shape index (κ3) is 3.60. The van der Waals surface area contributed by atoms with Crippen molar-refractivity contribution in [2.75, 3.05) is 17.3 Å². The smallest absolute Gasteiger partial charge is 0.323 e. The number of ether oxygens (including phenoxy) is 1. The van der Waals surface area contributed by atoms with Crippen molar-refractivity contribution in [3.8, 4) is 6.01 Å². The van der Waals surface area contributed by atoms with Crippen molar-refractivity contribution < 1.29 is 4.74 Å². The van der Waals surface area contributed by atoms with E-state index in [2.05, 4.69) is 25.7 Å². The molecule has 2 aromatic rings. The number of aromatic nitrogens is 3. The quantitative estimate of drug-likeness (QED) is 0.576. The molecule has 1 heterocycles. The first-order valence-electron chi connectivity index (χ1n) is 5.70. The van der Waals surface area contributed by atoms with Gasteiger partial charge in [0.05, 0.1) is 17.3 Å². The molecule has 20 heavy (non-hydrogen) atoms. The Balaban J connectivity index is 2.29. The normalized spacial score (nSPS) is 10.2. The van der Waals surface area contributed by atoms with Crippen LogP contribution in [0.3, 0.4) is 0 Å². The van der Waals surface area contributed by atoms with Crippen LogP contribution in [0, 0.1) is 0 Å². The highest BCUT2D eigenvalue weighted by Gasteiger charge is 2.08. The molecule has 2 rings (SSSR count). The van der Waals surface area contributed by atoms with Crippen LogP contribution in [0.2, 0.25) is 10.0 Å². The molecule has 0 saturated carbocycles. The van der Waals surface area contributed by atoms with E-state index in [4.69, 9.17) is 33.8 Å². The van der Waals surface area contributed by atoms with Gasteiger partial charge in [-0.1, -0.05) is 23.2 Å². The van der Waals surface area contributed by atoms with Gasteiger partial charge in [-0.15, -0.1) is 0 Å². The van der Waals surface area contributed by atoms with E-state index in [0.717, 1.165) is 0 Å². The molecule has 7 nitrogen and oxygen atoms in total. The standard InChI is InChI=1S/C11H12Cl2N6O/c1-2-20-11-17-9(16-10(18-11)19-14)15-8-4-3-6(12)5-7(8)13/h3-5H,2,14H2,1H3,(H2,15,16,17,18,19). The Bertz CT molecular complexity index is 609. The molecule has 106 valence electrons. The van der Waals surface area contributed by atoms with Crippen LogP contribution in [0.15, 0.2) is 18.2 Å². The van der Waals surface area contributed by atoms with Crippen LogP contribution in [0.25, 0.3) is 0 Å². The molecule has 1 aromatic carbocycles. The van der Waals surface area contributed by atoms with E-state index in [1.165, 1.54) is 0 Å². The number of anilines is 3. The number of rotatable bonds is 5. The number of hydrazine groups is 1. The first-order chi connectivity index (χ1) is 9.62. The highest BCUT2D eigenvalue weighted by Crippen LogP contribution is 2.27. The molecule has 0 aliphatic carbocycles. The maximum Gasteiger partial charge on any atom is 0.323 e. The SMILES string of the molecule is CCOc1nc(NN)nc(Nc2ccc(Cl)cc2Cl)n1. The number of nitrogens with one attached hydrogen (secondary N) is 2. The minimum atomic E-state index is 0.156. The number of hydrogen-bond donors (Lipinski definition) is 3. The van der Waals surface area contributed by atoms with Gasteiger partial charge in [-0.3, -0.25) is 5.43 Å². The van der Waals surface area contributed by atoms with Crippen molar-refractivity contribution in [2.45, 2.75) is 6.92 Å². The number of nitrogen functional groups attached to an aromatic ring is 1. The van der Waals surface area contributed by atoms with E-state index < -0.39 is 0 Å². The molecule has 1 aromatic heterocycles. The van der Waals surface area contributed by atoms with Crippen LogP contribution in [-0.4, -0.2) is 21.6 Å². The van der Waals surface area contributed by atoms with Gasteiger partial charge in [0.25, 0.3) is 0 Å². The molecule has 0 atom stereocenters. The van der Waals surface area contributed by atoms with Gasteiger partial charge in [-0.25, -0.2) is 5.84 Å². The lowest BCUT2D eigenvalue weighted by Gasteiger charge is -2.09. The van der Waals surface area contributed by atoms with Crippen LogP contribution in [0.1, 0.15) is 6.92 Å². The maximum absolute atomic E-state index is 6.06. The summed E-state index contributed by atoms with van der Waals surface area (Å²) in [5.41, 5.74) is 2.94. The minimum absolute atomic E-state index is 0.156. The zero-order valence-corrected chi connectivity index (χ0v) is 12.0. The number of nitrogens with zero attached hydrogens (tertiary/aromatic N) is 3. The van der Waals surface area contributed by atoms with Crippen LogP contribution >= 0.6 is 23.2 Å². The monoisotopic (exact) mass is 314 g/mol. The fraction of sp³-hybridized carbons (Fsp3) is 0.182. The van der Waals surface area contributed by atoms with Gasteiger partial charge < -0.3 is 10.1 Å². The fourth-order valence-electron chi connectivity index (χ4n) is 1.38. The van der Waals surface area contributed by atoms with Crippen molar-refractivity contribution in [3.63, 3.8) is 0 Å². The second-order valence-corrected chi connectivity index (χ2v) is 4.44. The molecule has 0 saturated heterocycles. The lowest BCUT2D eigenvalue weighted by molar-refractivity contribution is 0.312. The summed E-state index contributed by atoms with van der Waals surface area (Å²) in [6.07, 6.45) is 0. The summed E-state index contributed by atoms with van der Waals surface area (Å²) in [7, 11) is 0. The summed E-state index contributed by atoms with van der Waals surface area (Å²) in [6.45, 7) is 2.25. The van der Waals surface area contributed by atoms with Crippen LogP contribution < -0.4 is 21.3 Å². The average Bonchev–Trinajstić information content (AvgIpc) is 2.42. The molecular weight excluding hydrogens is 303 g/mol. The third-order valence-electron chi connectivity index (χ3n) is 2.20. The summed E-state index contributed by atoms with van der Waals surface area (Å²) in [4.78, 5) is 12.1. The van der Waals surface area contributed by atoms with E-state index in [0.29, 0.717) is 22.3 Å². The second kappa shape index (κ2) is 6.56. The summed E-state index contributed by atoms with van der Waals surface area (Å²) in [6, 6.07) is 5.17. The van der Waals surface area contributed by atoms with Gasteiger partial charge in [0.2, 0.25) is 11.9 Å². The van der Waals surface area contributed by atoms with Crippen molar-refractivity contribution in [1.29, 1.82) is 0 Å². The summed E-state index contributed by atoms with van der Waals surface area (Å²) < 4.78 is 5.22. The number of halogens is 2. The van der Waals surface area contributed by atoms with E-state index >= 15 is 0 Å². The lowest BCUT2D eigenvalue weighted by atomic mass is 10.3. The highest BCUT2D eigenvalue weighted by atomic mass is 35.5. The molecule has 0 bridgehead atoms.